The molecule has 1 aromatic heterocycles. The molecule has 1 amide bonds. The third kappa shape index (κ3) is 5.44. The molecule has 6 heteroatoms. The van der Waals surface area contributed by atoms with E-state index >= 15 is 0 Å². The molecule has 0 spiro atoms. The van der Waals surface area contributed by atoms with Crippen LogP contribution in [0.15, 0.2) is 6.20 Å². The number of amides is 1. The van der Waals surface area contributed by atoms with E-state index in [0.29, 0.717) is 19.4 Å². The van der Waals surface area contributed by atoms with Gasteiger partial charge in [-0.25, -0.2) is 4.68 Å². The highest BCUT2D eigenvalue weighted by Gasteiger charge is 2.05. The molecule has 96 valence electrons. The van der Waals surface area contributed by atoms with Gasteiger partial charge in [-0.3, -0.25) is 4.79 Å². The van der Waals surface area contributed by atoms with Crippen LogP contribution in [0.2, 0.25) is 0 Å². The van der Waals surface area contributed by atoms with Gasteiger partial charge < -0.3 is 10.4 Å². The molecular weight excluding hydrogens is 220 g/mol. The lowest BCUT2D eigenvalue weighted by Crippen LogP contribution is -2.28. The summed E-state index contributed by atoms with van der Waals surface area (Å²) in [6.45, 7) is 3.14. The standard InChI is InChI=1S/C11H20N4O2/c1-2-3-6-12-11(17)9-15-8-10(13-14-15)5-4-7-16/h8,16H,2-7,9H2,1H3,(H,12,17). The number of aliphatic hydroxyl groups excluding tert-OH is 1. The zero-order valence-corrected chi connectivity index (χ0v) is 10.2. The van der Waals surface area contributed by atoms with E-state index in [1.54, 1.807) is 6.20 Å². The lowest BCUT2D eigenvalue weighted by atomic mass is 10.3. The van der Waals surface area contributed by atoms with E-state index in [1.807, 2.05) is 0 Å². The zero-order chi connectivity index (χ0) is 12.5. The quantitative estimate of drug-likeness (QED) is 0.632. The van der Waals surface area contributed by atoms with Crippen molar-refractivity contribution in [3.63, 3.8) is 0 Å². The van der Waals surface area contributed by atoms with Gasteiger partial charge in [-0.05, 0) is 19.3 Å². The van der Waals surface area contributed by atoms with E-state index in [4.69, 9.17) is 5.11 Å². The van der Waals surface area contributed by atoms with Crippen molar-refractivity contribution < 1.29 is 9.90 Å². The van der Waals surface area contributed by atoms with Gasteiger partial charge in [-0.15, -0.1) is 5.10 Å². The summed E-state index contributed by atoms with van der Waals surface area (Å²) < 4.78 is 1.52. The second kappa shape index (κ2) is 7.78. The van der Waals surface area contributed by atoms with Gasteiger partial charge in [0, 0.05) is 19.3 Å². The van der Waals surface area contributed by atoms with Gasteiger partial charge in [-0.2, -0.15) is 0 Å². The third-order valence-electron chi connectivity index (χ3n) is 2.34. The van der Waals surface area contributed by atoms with E-state index in [-0.39, 0.29) is 19.1 Å². The third-order valence-corrected chi connectivity index (χ3v) is 2.34. The highest BCUT2D eigenvalue weighted by molar-refractivity contribution is 5.75. The first-order valence-electron chi connectivity index (χ1n) is 6.02. The summed E-state index contributed by atoms with van der Waals surface area (Å²) in [5.74, 6) is -0.0444. The Kier molecular flexibility index (Phi) is 6.24. The second-order valence-electron chi connectivity index (χ2n) is 3.94. The van der Waals surface area contributed by atoms with Crippen molar-refractivity contribution in [2.24, 2.45) is 0 Å². The summed E-state index contributed by atoms with van der Waals surface area (Å²) in [4.78, 5) is 11.5. The minimum Gasteiger partial charge on any atom is -0.396 e. The number of rotatable bonds is 8. The molecule has 0 aliphatic heterocycles. The van der Waals surface area contributed by atoms with E-state index in [2.05, 4.69) is 22.6 Å². The summed E-state index contributed by atoms with van der Waals surface area (Å²) in [5, 5.41) is 19.3. The Hall–Kier alpha value is -1.43. The number of unbranched alkanes of at least 4 members (excludes halogenated alkanes) is 1. The number of hydrogen-bond donors (Lipinski definition) is 2. The molecule has 0 saturated heterocycles. The number of hydrogen-bond acceptors (Lipinski definition) is 4. The van der Waals surface area contributed by atoms with Crippen LogP contribution in [0.4, 0.5) is 0 Å². The average Bonchev–Trinajstić information content (AvgIpc) is 2.74. The maximum Gasteiger partial charge on any atom is 0.241 e. The highest BCUT2D eigenvalue weighted by Crippen LogP contribution is 1.97. The summed E-state index contributed by atoms with van der Waals surface area (Å²) >= 11 is 0. The van der Waals surface area contributed by atoms with Gasteiger partial charge in [-0.1, -0.05) is 18.6 Å². The van der Waals surface area contributed by atoms with Crippen LogP contribution < -0.4 is 5.32 Å². The molecule has 0 fully saturated rings. The minimum absolute atomic E-state index is 0.0444. The van der Waals surface area contributed by atoms with Gasteiger partial charge in [0.1, 0.15) is 6.54 Å². The first-order valence-corrected chi connectivity index (χ1v) is 6.02. The van der Waals surface area contributed by atoms with Crippen LogP contribution >= 0.6 is 0 Å². The number of aryl methyl sites for hydroxylation is 1. The molecule has 0 saturated carbocycles. The summed E-state index contributed by atoms with van der Waals surface area (Å²) in [5.41, 5.74) is 0.806. The largest absolute Gasteiger partial charge is 0.396 e. The summed E-state index contributed by atoms with van der Waals surface area (Å²) in [6, 6.07) is 0. The number of carbonyl (C=O) groups excluding carboxylic acids is 1. The number of carbonyl (C=O) groups is 1. The Labute approximate surface area is 101 Å². The lowest BCUT2D eigenvalue weighted by Gasteiger charge is -2.03. The van der Waals surface area contributed by atoms with E-state index in [0.717, 1.165) is 18.5 Å². The molecule has 0 radical (unpaired) electrons. The van der Waals surface area contributed by atoms with Crippen LogP contribution in [0, 0.1) is 0 Å². The summed E-state index contributed by atoms with van der Waals surface area (Å²) in [7, 11) is 0. The van der Waals surface area contributed by atoms with Crippen molar-refractivity contribution in [3.8, 4) is 0 Å². The zero-order valence-electron chi connectivity index (χ0n) is 10.2. The first-order chi connectivity index (χ1) is 8.26. The fourth-order valence-corrected chi connectivity index (χ4v) is 1.40. The Morgan fingerprint density at radius 3 is 3.06 bits per heavy atom. The summed E-state index contributed by atoms with van der Waals surface area (Å²) in [6.07, 6.45) is 5.16. The lowest BCUT2D eigenvalue weighted by molar-refractivity contribution is -0.121. The van der Waals surface area contributed by atoms with Crippen LogP contribution in [-0.2, 0) is 17.8 Å². The SMILES string of the molecule is CCCCNC(=O)Cn1cc(CCCO)nn1. The molecule has 1 heterocycles. The molecule has 1 rings (SSSR count). The molecule has 17 heavy (non-hydrogen) atoms. The maximum atomic E-state index is 11.5. The first kappa shape index (κ1) is 13.6. The predicted molar refractivity (Wildman–Crippen MR) is 63.3 cm³/mol. The molecule has 0 bridgehead atoms. The molecule has 6 nitrogen and oxygen atoms in total. The Morgan fingerprint density at radius 2 is 2.35 bits per heavy atom. The Morgan fingerprint density at radius 1 is 1.53 bits per heavy atom. The molecule has 0 aliphatic carbocycles. The van der Waals surface area contributed by atoms with Gasteiger partial charge >= 0.3 is 0 Å². The maximum absolute atomic E-state index is 11.5. The van der Waals surface area contributed by atoms with Crippen LogP contribution in [0.1, 0.15) is 31.9 Å². The molecular formula is C11H20N4O2. The van der Waals surface area contributed by atoms with Gasteiger partial charge in [0.25, 0.3) is 0 Å². The molecule has 2 N–H and O–H groups in total. The smallest absolute Gasteiger partial charge is 0.241 e. The van der Waals surface area contributed by atoms with Gasteiger partial charge in [0.05, 0.1) is 5.69 Å². The van der Waals surface area contributed by atoms with Crippen LogP contribution in [0.3, 0.4) is 0 Å². The monoisotopic (exact) mass is 240 g/mol. The highest BCUT2D eigenvalue weighted by atomic mass is 16.2. The van der Waals surface area contributed by atoms with E-state index in [9.17, 15) is 4.79 Å². The molecule has 0 unspecified atom stereocenters. The molecule has 1 aromatic rings. The van der Waals surface area contributed by atoms with E-state index < -0.39 is 0 Å². The minimum atomic E-state index is -0.0444. The van der Waals surface area contributed by atoms with Crippen molar-refractivity contribution in [3.05, 3.63) is 11.9 Å². The van der Waals surface area contributed by atoms with Crippen molar-refractivity contribution >= 4 is 5.91 Å². The molecule has 0 atom stereocenters. The van der Waals surface area contributed by atoms with Crippen molar-refractivity contribution in [1.82, 2.24) is 20.3 Å². The topological polar surface area (TPSA) is 80.0 Å². The average molecular weight is 240 g/mol. The number of aromatic nitrogens is 3. The fourth-order valence-electron chi connectivity index (χ4n) is 1.40. The van der Waals surface area contributed by atoms with Crippen molar-refractivity contribution in [2.45, 2.75) is 39.2 Å². The normalized spacial score (nSPS) is 10.5. The van der Waals surface area contributed by atoms with Crippen LogP contribution in [-0.4, -0.2) is 39.2 Å². The fraction of sp³-hybridized carbons (Fsp3) is 0.727. The van der Waals surface area contributed by atoms with Crippen LogP contribution in [0.25, 0.3) is 0 Å². The number of nitrogens with zero attached hydrogens (tertiary/aromatic N) is 3. The Balaban J connectivity index is 2.30. The van der Waals surface area contributed by atoms with Crippen molar-refractivity contribution in [2.75, 3.05) is 13.2 Å². The second-order valence-corrected chi connectivity index (χ2v) is 3.94. The van der Waals surface area contributed by atoms with Gasteiger partial charge in [0.15, 0.2) is 0 Å². The van der Waals surface area contributed by atoms with E-state index in [1.165, 1.54) is 4.68 Å². The number of aliphatic hydroxyl groups is 1. The predicted octanol–water partition coefficient (Wildman–Crippen LogP) is 0.119. The van der Waals surface area contributed by atoms with Crippen LogP contribution in [0.5, 0.6) is 0 Å². The molecule has 0 aliphatic rings. The molecule has 0 aromatic carbocycles. The Bertz CT molecular complexity index is 338. The number of nitrogens with one attached hydrogen (secondary N) is 1. The van der Waals surface area contributed by atoms with Crippen molar-refractivity contribution in [1.29, 1.82) is 0 Å². The van der Waals surface area contributed by atoms with Gasteiger partial charge in [0.2, 0.25) is 5.91 Å².